The third-order valence-electron chi connectivity index (χ3n) is 3.57. The maximum absolute atomic E-state index is 12.6. The van der Waals surface area contributed by atoms with Gasteiger partial charge in [-0.3, -0.25) is 9.69 Å². The zero-order valence-electron chi connectivity index (χ0n) is 14.0. The summed E-state index contributed by atoms with van der Waals surface area (Å²) in [4.78, 5) is 19.2. The van der Waals surface area contributed by atoms with Crippen LogP contribution in [0, 0.1) is 12.3 Å². The highest BCUT2D eigenvalue weighted by atomic mass is 35.5. The minimum absolute atomic E-state index is 0.116. The van der Waals surface area contributed by atoms with E-state index in [0.717, 1.165) is 11.3 Å². The average molecular weight is 383 g/mol. The van der Waals surface area contributed by atoms with E-state index in [-0.39, 0.29) is 12.5 Å². The van der Waals surface area contributed by atoms with Gasteiger partial charge < -0.3 is 4.74 Å². The number of rotatable bonds is 4. The Kier molecular flexibility index (Phi) is 5.67. The molecule has 0 bridgehead atoms. The molecular weight excluding hydrogens is 368 g/mol. The molecule has 1 aliphatic rings. The molecule has 26 heavy (non-hydrogen) atoms. The number of halogens is 1. The van der Waals surface area contributed by atoms with E-state index in [2.05, 4.69) is 10.9 Å². The van der Waals surface area contributed by atoms with E-state index in [1.54, 1.807) is 37.4 Å². The van der Waals surface area contributed by atoms with Gasteiger partial charge in [0.15, 0.2) is 5.17 Å². The lowest BCUT2D eigenvalue weighted by atomic mass is 10.2. The summed E-state index contributed by atoms with van der Waals surface area (Å²) in [7, 11) is 1.70. The second kappa shape index (κ2) is 8.13. The summed E-state index contributed by atoms with van der Waals surface area (Å²) in [5.41, 5.74) is 1.52. The molecule has 0 saturated carbocycles. The Labute approximate surface area is 161 Å². The predicted octanol–water partition coefficient (Wildman–Crippen LogP) is 4.59. The molecule has 2 aromatic rings. The number of likely N-dealkylation sites (N-methyl/N-ethyl adjacent to an activating group) is 1. The molecule has 0 unspecified atom stereocenters. The lowest BCUT2D eigenvalue weighted by Crippen LogP contribution is -2.23. The third-order valence-corrected chi connectivity index (χ3v) is 4.88. The topological polar surface area (TPSA) is 41.9 Å². The van der Waals surface area contributed by atoms with Crippen LogP contribution in [0.2, 0.25) is 5.02 Å². The number of hydrogen-bond acceptors (Lipinski definition) is 4. The lowest BCUT2D eigenvalue weighted by molar-refractivity contribution is -0.121. The van der Waals surface area contributed by atoms with Crippen molar-refractivity contribution in [2.45, 2.75) is 0 Å². The van der Waals surface area contributed by atoms with Crippen molar-refractivity contribution in [1.82, 2.24) is 4.90 Å². The highest BCUT2D eigenvalue weighted by molar-refractivity contribution is 8.18. The van der Waals surface area contributed by atoms with Crippen molar-refractivity contribution in [3.63, 3.8) is 0 Å². The van der Waals surface area contributed by atoms with Gasteiger partial charge in [0.05, 0.1) is 10.6 Å². The first-order chi connectivity index (χ1) is 12.6. The summed E-state index contributed by atoms with van der Waals surface area (Å²) in [5, 5.41) is 1.24. The van der Waals surface area contributed by atoms with Crippen LogP contribution in [-0.4, -0.2) is 29.6 Å². The van der Waals surface area contributed by atoms with Crippen LogP contribution in [0.4, 0.5) is 5.69 Å². The van der Waals surface area contributed by atoms with Gasteiger partial charge in [-0.2, -0.15) is 0 Å². The van der Waals surface area contributed by atoms with E-state index in [9.17, 15) is 4.79 Å². The number of thioether (sulfide) groups is 1. The number of terminal acetylenes is 1. The summed E-state index contributed by atoms with van der Waals surface area (Å²) in [6, 6.07) is 14.6. The number of amides is 1. The molecule has 6 heteroatoms. The molecular formula is C20H15ClN2O2S. The molecule has 1 aliphatic heterocycles. The van der Waals surface area contributed by atoms with Gasteiger partial charge in [0.2, 0.25) is 0 Å². The Bertz CT molecular complexity index is 930. The number of benzene rings is 2. The fourth-order valence-corrected chi connectivity index (χ4v) is 3.37. The van der Waals surface area contributed by atoms with Crippen LogP contribution < -0.4 is 4.74 Å². The Morgan fingerprint density at radius 1 is 1.27 bits per heavy atom. The van der Waals surface area contributed by atoms with Crippen LogP contribution in [0.25, 0.3) is 6.08 Å². The number of nitrogens with zero attached hydrogens (tertiary/aromatic N) is 2. The van der Waals surface area contributed by atoms with Crippen LogP contribution in [0.5, 0.6) is 5.75 Å². The minimum atomic E-state index is -0.116. The maximum Gasteiger partial charge on any atom is 0.266 e. The minimum Gasteiger partial charge on any atom is -0.480 e. The second-order valence-corrected chi connectivity index (χ2v) is 6.82. The van der Waals surface area contributed by atoms with Crippen molar-refractivity contribution < 1.29 is 9.53 Å². The first-order valence-electron chi connectivity index (χ1n) is 7.75. The molecule has 1 fully saturated rings. The van der Waals surface area contributed by atoms with Crippen molar-refractivity contribution >= 4 is 46.2 Å². The molecule has 4 nitrogen and oxygen atoms in total. The number of hydrogen-bond donors (Lipinski definition) is 0. The summed E-state index contributed by atoms with van der Waals surface area (Å²) in [5.74, 6) is 2.96. The number of carbonyl (C=O) groups is 1. The number of aliphatic imine (C=N–C) groups is 1. The van der Waals surface area contributed by atoms with Crippen LogP contribution in [0.1, 0.15) is 5.56 Å². The molecule has 0 aliphatic carbocycles. The quantitative estimate of drug-likeness (QED) is 0.574. The van der Waals surface area contributed by atoms with Crippen molar-refractivity contribution in [1.29, 1.82) is 0 Å². The van der Waals surface area contributed by atoms with Crippen LogP contribution in [-0.2, 0) is 4.79 Å². The monoisotopic (exact) mass is 382 g/mol. The second-order valence-electron chi connectivity index (χ2n) is 5.38. The van der Waals surface area contributed by atoms with E-state index >= 15 is 0 Å². The van der Waals surface area contributed by atoms with Crippen LogP contribution in [0.3, 0.4) is 0 Å². The zero-order valence-corrected chi connectivity index (χ0v) is 15.6. The number of para-hydroxylation sites is 1. The van der Waals surface area contributed by atoms with E-state index in [0.29, 0.717) is 20.8 Å². The van der Waals surface area contributed by atoms with E-state index in [1.165, 1.54) is 16.7 Å². The van der Waals surface area contributed by atoms with Crippen LogP contribution in [0.15, 0.2) is 58.4 Å². The smallest absolute Gasteiger partial charge is 0.266 e. The molecule has 1 saturated heterocycles. The molecule has 2 aromatic carbocycles. The first kappa shape index (κ1) is 18.1. The predicted molar refractivity (Wildman–Crippen MR) is 108 cm³/mol. The molecule has 0 aromatic heterocycles. The van der Waals surface area contributed by atoms with E-state index < -0.39 is 0 Å². The largest absolute Gasteiger partial charge is 0.480 e. The number of ether oxygens (including phenoxy) is 1. The van der Waals surface area contributed by atoms with Gasteiger partial charge >= 0.3 is 0 Å². The van der Waals surface area contributed by atoms with Gasteiger partial charge in [-0.05, 0) is 48.2 Å². The van der Waals surface area contributed by atoms with Crippen LogP contribution >= 0.6 is 23.4 Å². The molecule has 0 atom stereocenters. The number of carbonyl (C=O) groups excluding carboxylic acids is 1. The maximum atomic E-state index is 12.6. The Hall–Kier alpha value is -2.68. The Balaban J connectivity index is 1.88. The average Bonchev–Trinajstić information content (AvgIpc) is 2.91. The molecule has 3 rings (SSSR count). The Morgan fingerprint density at radius 3 is 2.73 bits per heavy atom. The summed E-state index contributed by atoms with van der Waals surface area (Å²) >= 11 is 7.21. The molecule has 0 spiro atoms. The SMILES string of the molecule is C#CCOc1ccccc1/C=C1/SC(=Nc2ccc(Cl)cc2)N(C)C1=O. The lowest BCUT2D eigenvalue weighted by Gasteiger charge is -2.07. The van der Waals surface area contributed by atoms with Gasteiger partial charge in [0, 0.05) is 17.6 Å². The number of amidine groups is 1. The van der Waals surface area contributed by atoms with Gasteiger partial charge in [-0.1, -0.05) is 35.7 Å². The molecule has 0 radical (unpaired) electrons. The third kappa shape index (κ3) is 4.10. The summed E-state index contributed by atoms with van der Waals surface area (Å²) < 4.78 is 5.53. The highest BCUT2D eigenvalue weighted by Gasteiger charge is 2.30. The van der Waals surface area contributed by atoms with Crippen molar-refractivity contribution in [3.8, 4) is 18.1 Å². The molecule has 0 N–H and O–H groups in total. The summed E-state index contributed by atoms with van der Waals surface area (Å²) in [6.45, 7) is 0.171. The molecule has 130 valence electrons. The fourth-order valence-electron chi connectivity index (χ4n) is 2.27. The van der Waals surface area contributed by atoms with Crippen molar-refractivity contribution in [2.24, 2.45) is 4.99 Å². The molecule has 1 heterocycles. The Morgan fingerprint density at radius 2 is 2.00 bits per heavy atom. The van der Waals surface area contributed by atoms with E-state index in [1.807, 2.05) is 24.3 Å². The highest BCUT2D eigenvalue weighted by Crippen LogP contribution is 2.34. The zero-order chi connectivity index (χ0) is 18.5. The van der Waals surface area contributed by atoms with Crippen molar-refractivity contribution in [2.75, 3.05) is 13.7 Å². The van der Waals surface area contributed by atoms with Gasteiger partial charge in [-0.25, -0.2) is 4.99 Å². The van der Waals surface area contributed by atoms with Gasteiger partial charge in [0.1, 0.15) is 12.4 Å². The molecule has 1 amide bonds. The van der Waals surface area contributed by atoms with Gasteiger partial charge in [0.25, 0.3) is 5.91 Å². The van der Waals surface area contributed by atoms with E-state index in [4.69, 9.17) is 22.8 Å². The standard InChI is InChI=1S/C20H15ClN2O2S/c1-3-12-25-17-7-5-4-6-14(17)13-18-19(24)23(2)20(26-18)22-16-10-8-15(21)9-11-16/h1,4-11,13H,12H2,2H3/b18-13+,22-20?. The fraction of sp³-hybridized carbons (Fsp3) is 0.100. The first-order valence-corrected chi connectivity index (χ1v) is 8.95. The normalized spacial score (nSPS) is 17.0. The summed E-state index contributed by atoms with van der Waals surface area (Å²) in [6.07, 6.45) is 7.04. The van der Waals surface area contributed by atoms with Gasteiger partial charge in [-0.15, -0.1) is 6.42 Å². The van der Waals surface area contributed by atoms with Crippen molar-refractivity contribution in [3.05, 3.63) is 64.0 Å².